The van der Waals surface area contributed by atoms with Gasteiger partial charge in [-0.05, 0) is 0 Å². The minimum Gasteiger partial charge on any atom is -0.479 e. The third kappa shape index (κ3) is 2.30. The summed E-state index contributed by atoms with van der Waals surface area (Å²) in [7, 11) is 0. The first-order valence-electron chi connectivity index (χ1n) is 4.19. The lowest BCUT2D eigenvalue weighted by atomic mass is 9.98. The first-order valence-corrected chi connectivity index (χ1v) is 5.07. The second-order valence-corrected chi connectivity index (χ2v) is 4.93. The molecule has 1 atom stereocenters. The Morgan fingerprint density at radius 2 is 2.14 bits per heavy atom. The van der Waals surface area contributed by atoms with Gasteiger partial charge in [0.25, 0.3) is 0 Å². The molecule has 4 nitrogen and oxygen atoms in total. The van der Waals surface area contributed by atoms with Crippen molar-refractivity contribution in [2.45, 2.75) is 32.3 Å². The fraction of sp³-hybridized carbons (Fsp3) is 0.556. The van der Waals surface area contributed by atoms with Gasteiger partial charge in [-0.3, -0.25) is 0 Å². The number of aliphatic hydroxyl groups excluding tert-OH is 1. The number of carboxylic acids is 1. The second kappa shape index (κ2) is 3.67. The first-order chi connectivity index (χ1) is 6.32. The van der Waals surface area contributed by atoms with Crippen molar-refractivity contribution in [3.05, 3.63) is 16.1 Å². The topological polar surface area (TPSA) is 70.4 Å². The molecule has 0 bridgehead atoms. The van der Waals surface area contributed by atoms with Crippen molar-refractivity contribution in [3.63, 3.8) is 0 Å². The largest absolute Gasteiger partial charge is 0.479 e. The Kier molecular flexibility index (Phi) is 2.92. The maximum atomic E-state index is 10.5. The minimum absolute atomic E-state index is 0.110. The molecule has 0 aliphatic rings. The van der Waals surface area contributed by atoms with E-state index >= 15 is 0 Å². The van der Waals surface area contributed by atoms with Crippen molar-refractivity contribution >= 4 is 17.3 Å². The molecule has 0 spiro atoms. The summed E-state index contributed by atoms with van der Waals surface area (Å²) in [5, 5.41) is 20.2. The van der Waals surface area contributed by atoms with Gasteiger partial charge >= 0.3 is 5.97 Å². The van der Waals surface area contributed by atoms with E-state index in [2.05, 4.69) is 4.98 Å². The van der Waals surface area contributed by atoms with E-state index in [1.165, 1.54) is 11.3 Å². The van der Waals surface area contributed by atoms with Gasteiger partial charge in [0.2, 0.25) is 0 Å². The molecule has 5 heteroatoms. The fourth-order valence-corrected chi connectivity index (χ4v) is 1.81. The van der Waals surface area contributed by atoms with Crippen molar-refractivity contribution in [3.8, 4) is 0 Å². The van der Waals surface area contributed by atoms with Crippen LogP contribution in [0.5, 0.6) is 0 Å². The number of aromatic nitrogens is 1. The second-order valence-electron chi connectivity index (χ2n) is 4.07. The van der Waals surface area contributed by atoms with Crippen LogP contribution in [0.2, 0.25) is 0 Å². The van der Waals surface area contributed by atoms with E-state index in [4.69, 9.17) is 5.11 Å². The third-order valence-corrected chi connectivity index (χ3v) is 2.96. The molecular weight excluding hydrogens is 202 g/mol. The zero-order valence-corrected chi connectivity index (χ0v) is 9.13. The maximum absolute atomic E-state index is 10.5. The zero-order valence-electron chi connectivity index (χ0n) is 8.31. The molecule has 1 aromatic heterocycles. The third-order valence-electron chi connectivity index (χ3n) is 1.68. The van der Waals surface area contributed by atoms with Gasteiger partial charge in [-0.15, -0.1) is 11.3 Å². The Bertz CT molecular complexity index is 340. The van der Waals surface area contributed by atoms with E-state index < -0.39 is 12.1 Å². The van der Waals surface area contributed by atoms with Crippen LogP contribution in [-0.2, 0) is 10.2 Å². The van der Waals surface area contributed by atoms with E-state index in [-0.39, 0.29) is 11.1 Å². The van der Waals surface area contributed by atoms with Crippen molar-refractivity contribution in [2.24, 2.45) is 0 Å². The van der Waals surface area contributed by atoms with Gasteiger partial charge in [-0.1, -0.05) is 20.8 Å². The summed E-state index contributed by atoms with van der Waals surface area (Å²) >= 11 is 1.37. The Labute approximate surface area is 86.2 Å². The van der Waals surface area contributed by atoms with Crippen LogP contribution in [0.1, 0.15) is 37.6 Å². The number of aliphatic hydroxyl groups is 1. The maximum Gasteiger partial charge on any atom is 0.338 e. The van der Waals surface area contributed by atoms with Crippen LogP contribution in [0.25, 0.3) is 0 Å². The molecule has 1 aromatic rings. The summed E-state index contributed by atoms with van der Waals surface area (Å²) in [4.78, 5) is 14.6. The Balaban J connectivity index is 2.94. The van der Waals surface area contributed by atoms with E-state index in [0.29, 0.717) is 0 Å². The Morgan fingerprint density at radius 1 is 1.57 bits per heavy atom. The normalized spacial score (nSPS) is 14.0. The molecule has 0 aliphatic heterocycles. The lowest BCUT2D eigenvalue weighted by Crippen LogP contribution is -2.14. The number of hydrogen-bond donors (Lipinski definition) is 2. The monoisotopic (exact) mass is 215 g/mol. The van der Waals surface area contributed by atoms with E-state index in [1.807, 2.05) is 20.8 Å². The molecule has 78 valence electrons. The quantitative estimate of drug-likeness (QED) is 0.785. The summed E-state index contributed by atoms with van der Waals surface area (Å²) in [6.45, 7) is 5.97. The molecule has 0 saturated carbocycles. The van der Waals surface area contributed by atoms with Crippen molar-refractivity contribution < 1.29 is 15.0 Å². The molecule has 0 aromatic carbocycles. The lowest BCUT2D eigenvalue weighted by molar-refractivity contribution is -0.147. The summed E-state index contributed by atoms with van der Waals surface area (Å²) < 4.78 is 0. The molecule has 0 radical (unpaired) electrons. The number of aliphatic carboxylic acids is 1. The summed E-state index contributed by atoms with van der Waals surface area (Å²) in [6, 6.07) is 0. The van der Waals surface area contributed by atoms with Crippen molar-refractivity contribution in [1.82, 2.24) is 4.98 Å². The van der Waals surface area contributed by atoms with E-state index in [0.717, 1.165) is 5.01 Å². The number of thiazole rings is 1. The number of nitrogens with zero attached hydrogens (tertiary/aromatic N) is 1. The molecule has 2 N–H and O–H groups in total. The molecule has 0 saturated heterocycles. The SMILES string of the molecule is CC(C)(C)c1nc(C(O)C(=O)O)cs1. The fourth-order valence-electron chi connectivity index (χ4n) is 0.883. The van der Waals surface area contributed by atoms with Gasteiger partial charge in [-0.2, -0.15) is 0 Å². The van der Waals surface area contributed by atoms with Gasteiger partial charge in [0.05, 0.1) is 10.7 Å². The van der Waals surface area contributed by atoms with Gasteiger partial charge in [-0.25, -0.2) is 9.78 Å². The summed E-state index contributed by atoms with van der Waals surface area (Å²) in [5.74, 6) is -1.27. The Morgan fingerprint density at radius 3 is 2.50 bits per heavy atom. The van der Waals surface area contributed by atoms with Crippen LogP contribution in [0.15, 0.2) is 5.38 Å². The smallest absolute Gasteiger partial charge is 0.338 e. The minimum atomic E-state index is -1.51. The average Bonchev–Trinajstić information content (AvgIpc) is 2.49. The van der Waals surface area contributed by atoms with Crippen LogP contribution >= 0.6 is 11.3 Å². The van der Waals surface area contributed by atoms with Gasteiger partial charge in [0.1, 0.15) is 0 Å². The average molecular weight is 215 g/mol. The Hall–Kier alpha value is -0.940. The van der Waals surface area contributed by atoms with Crippen LogP contribution in [-0.4, -0.2) is 21.2 Å². The molecule has 1 heterocycles. The number of carbonyl (C=O) groups is 1. The van der Waals surface area contributed by atoms with Crippen LogP contribution in [0.3, 0.4) is 0 Å². The number of hydrogen-bond acceptors (Lipinski definition) is 4. The van der Waals surface area contributed by atoms with Crippen LogP contribution in [0, 0.1) is 0 Å². The van der Waals surface area contributed by atoms with E-state index in [1.54, 1.807) is 5.38 Å². The highest BCUT2D eigenvalue weighted by Gasteiger charge is 2.23. The molecule has 0 fully saturated rings. The summed E-state index contributed by atoms with van der Waals surface area (Å²) in [5.41, 5.74) is 0.105. The molecular formula is C9H13NO3S. The molecule has 14 heavy (non-hydrogen) atoms. The highest BCUT2D eigenvalue weighted by Crippen LogP contribution is 2.27. The van der Waals surface area contributed by atoms with Gasteiger partial charge < -0.3 is 10.2 Å². The van der Waals surface area contributed by atoms with Crippen LogP contribution < -0.4 is 0 Å². The standard InChI is InChI=1S/C9H13NO3S/c1-9(2,3)8-10-5(4-14-8)6(11)7(12)13/h4,6,11H,1-3H3,(H,12,13). The zero-order chi connectivity index (χ0) is 10.9. The molecule has 0 aliphatic carbocycles. The lowest BCUT2D eigenvalue weighted by Gasteiger charge is -2.13. The van der Waals surface area contributed by atoms with Crippen molar-refractivity contribution in [1.29, 1.82) is 0 Å². The van der Waals surface area contributed by atoms with Gasteiger partial charge in [0.15, 0.2) is 6.10 Å². The summed E-state index contributed by atoms with van der Waals surface area (Å²) in [6.07, 6.45) is -1.51. The van der Waals surface area contributed by atoms with E-state index in [9.17, 15) is 9.90 Å². The first kappa shape index (κ1) is 11.1. The molecule has 0 amide bonds. The number of carboxylic acid groups (broad SMARTS) is 1. The van der Waals surface area contributed by atoms with Gasteiger partial charge in [0, 0.05) is 10.8 Å². The highest BCUT2D eigenvalue weighted by atomic mass is 32.1. The van der Waals surface area contributed by atoms with Crippen LogP contribution in [0.4, 0.5) is 0 Å². The highest BCUT2D eigenvalue weighted by molar-refractivity contribution is 7.09. The predicted octanol–water partition coefficient (Wildman–Crippen LogP) is 1.56. The number of rotatable bonds is 2. The van der Waals surface area contributed by atoms with Crippen molar-refractivity contribution in [2.75, 3.05) is 0 Å². The molecule has 1 unspecified atom stereocenters. The predicted molar refractivity (Wildman–Crippen MR) is 53.4 cm³/mol. The molecule has 1 rings (SSSR count).